The van der Waals surface area contributed by atoms with Crippen LogP contribution in [0.25, 0.3) is 0 Å². The Morgan fingerprint density at radius 2 is 1.57 bits per heavy atom. The molecule has 1 heterocycles. The lowest BCUT2D eigenvalue weighted by Gasteiger charge is -2.40. The van der Waals surface area contributed by atoms with Gasteiger partial charge in [-0.25, -0.2) is 0 Å². The van der Waals surface area contributed by atoms with Crippen LogP contribution in [0.3, 0.4) is 0 Å². The van der Waals surface area contributed by atoms with E-state index in [0.717, 1.165) is 55.2 Å². The second-order valence-electron chi connectivity index (χ2n) is 12.4. The highest BCUT2D eigenvalue weighted by atomic mass is 16.7. The second-order valence-corrected chi connectivity index (χ2v) is 12.4. The average molecular weight is 644 g/mol. The van der Waals surface area contributed by atoms with E-state index in [4.69, 9.17) is 15.0 Å². The van der Waals surface area contributed by atoms with Gasteiger partial charge in [-0.15, -0.1) is 0 Å². The Balaban J connectivity index is 1.58. The van der Waals surface area contributed by atoms with Crippen molar-refractivity contribution < 1.29 is 44.7 Å². The number of rotatable bonds is 19. The number of hydrogen-bond acceptors (Lipinski definition) is 8. The molecule has 3 N–H and O–H groups in total. The molecule has 2 aromatic rings. The lowest BCUT2D eigenvalue weighted by Crippen LogP contribution is -2.56. The van der Waals surface area contributed by atoms with Crippen LogP contribution in [0, 0.1) is 19.8 Å². The predicted molar refractivity (Wildman–Crippen MR) is 177 cm³/mol. The number of aliphatic hydroxyl groups excluding tert-OH is 3. The summed E-state index contributed by atoms with van der Waals surface area (Å²) in [5.74, 6) is -1.52. The molecule has 1 fully saturated rings. The molecule has 1 aliphatic heterocycles. The van der Waals surface area contributed by atoms with E-state index in [-0.39, 0.29) is 42.4 Å². The van der Waals surface area contributed by atoms with Crippen molar-refractivity contribution in [3.05, 3.63) is 64.6 Å². The molecule has 0 radical (unpaired) electrons. The highest BCUT2D eigenvalue weighted by molar-refractivity contribution is 5.96. The zero-order valence-electron chi connectivity index (χ0n) is 31.6. The third-order valence-corrected chi connectivity index (χ3v) is 8.33. The molecular weight excluding hydrogens is 586 g/mol. The maximum absolute atomic E-state index is 13.1. The predicted octanol–water partition coefficient (Wildman–Crippen LogP) is 5.11. The number of ketones is 2. The van der Waals surface area contributed by atoms with E-state index in [1.54, 1.807) is 4.90 Å². The zero-order valence-corrected chi connectivity index (χ0v) is 27.6. The second kappa shape index (κ2) is 18.9. The Kier molecular flexibility index (Phi) is 12.9. The van der Waals surface area contributed by atoms with Crippen LogP contribution < -0.4 is 4.74 Å². The van der Waals surface area contributed by atoms with E-state index in [0.29, 0.717) is 19.4 Å². The first-order valence-corrected chi connectivity index (χ1v) is 16.5. The van der Waals surface area contributed by atoms with Gasteiger partial charge < -0.3 is 29.7 Å². The summed E-state index contributed by atoms with van der Waals surface area (Å²) in [5.41, 5.74) is 2.76. The number of ether oxygens (including phenoxy) is 2. The van der Waals surface area contributed by atoms with Gasteiger partial charge in [0.25, 0.3) is 0 Å². The molecule has 9 heteroatoms. The van der Waals surface area contributed by atoms with Gasteiger partial charge in [0.15, 0.2) is 5.78 Å². The standard InChI is InChI=1S/C37H53NO8/c1-5-6-12-34(42)38(18-10-8-7-9-11-32(41)29-21-25(2)20-26(3)22-29)19-17-30(40)23-28-13-15-31(16-14-28)45-37-27(4)35(43)36(44)33(24-39)46-37/h13-16,20-22,27,33,35-37,39,43-44H,5-12,17-19,23-24H2,1-4H3/i13D,14D,15D,16D. The molecule has 0 spiro atoms. The summed E-state index contributed by atoms with van der Waals surface area (Å²) in [6, 6.07) is 3.89. The molecule has 9 nitrogen and oxygen atoms in total. The van der Waals surface area contributed by atoms with Gasteiger partial charge in [0.2, 0.25) is 12.2 Å². The van der Waals surface area contributed by atoms with Crippen molar-refractivity contribution in [3.63, 3.8) is 0 Å². The minimum atomic E-state index is -1.37. The largest absolute Gasteiger partial charge is 0.465 e. The van der Waals surface area contributed by atoms with E-state index >= 15 is 0 Å². The summed E-state index contributed by atoms with van der Waals surface area (Å²) in [5, 5.41) is 29.9. The normalized spacial score (nSPS) is 22.4. The summed E-state index contributed by atoms with van der Waals surface area (Å²) in [4.78, 5) is 40.4. The Labute approximate surface area is 279 Å². The molecular formula is C37H53NO8. The smallest absolute Gasteiger partial charge is 0.222 e. The lowest BCUT2D eigenvalue weighted by molar-refractivity contribution is -0.256. The van der Waals surface area contributed by atoms with Crippen LogP contribution in [0.2, 0.25) is 0 Å². The number of aliphatic hydroxyl groups is 3. The first kappa shape index (κ1) is 31.5. The van der Waals surface area contributed by atoms with Gasteiger partial charge in [-0.2, -0.15) is 0 Å². The minimum Gasteiger partial charge on any atom is -0.465 e. The molecule has 0 aliphatic carbocycles. The molecule has 2 aromatic carbocycles. The highest BCUT2D eigenvalue weighted by Crippen LogP contribution is 2.28. The van der Waals surface area contributed by atoms with Gasteiger partial charge in [-0.3, -0.25) is 14.4 Å². The van der Waals surface area contributed by atoms with Crippen LogP contribution in [0.5, 0.6) is 5.75 Å². The van der Waals surface area contributed by atoms with Crippen LogP contribution in [0.1, 0.15) is 104 Å². The molecule has 5 atom stereocenters. The molecule has 1 aliphatic rings. The van der Waals surface area contributed by atoms with E-state index in [1.807, 2.05) is 39.0 Å². The molecule has 46 heavy (non-hydrogen) atoms. The summed E-state index contributed by atoms with van der Waals surface area (Å²) >= 11 is 0. The van der Waals surface area contributed by atoms with Gasteiger partial charge >= 0.3 is 0 Å². The first-order chi connectivity index (χ1) is 23.7. The summed E-state index contributed by atoms with van der Waals surface area (Å²) in [6.45, 7) is 7.50. The van der Waals surface area contributed by atoms with Crippen molar-refractivity contribution in [1.29, 1.82) is 0 Å². The van der Waals surface area contributed by atoms with Gasteiger partial charge in [0.1, 0.15) is 23.7 Å². The molecule has 254 valence electrons. The summed E-state index contributed by atoms with van der Waals surface area (Å²) in [7, 11) is 0. The van der Waals surface area contributed by atoms with E-state index in [2.05, 4.69) is 0 Å². The van der Waals surface area contributed by atoms with Crippen molar-refractivity contribution in [2.75, 3.05) is 19.7 Å². The van der Waals surface area contributed by atoms with Gasteiger partial charge in [0, 0.05) is 50.3 Å². The molecule has 1 amide bonds. The van der Waals surface area contributed by atoms with E-state index in [1.165, 1.54) is 6.92 Å². The van der Waals surface area contributed by atoms with Crippen molar-refractivity contribution in [1.82, 2.24) is 4.90 Å². The van der Waals surface area contributed by atoms with Crippen molar-refractivity contribution in [2.45, 2.75) is 117 Å². The van der Waals surface area contributed by atoms with E-state index in [9.17, 15) is 29.7 Å². The third-order valence-electron chi connectivity index (χ3n) is 8.33. The Bertz CT molecular complexity index is 1440. The summed E-state index contributed by atoms with van der Waals surface area (Å²) < 4.78 is 45.2. The Hall–Kier alpha value is -3.11. The van der Waals surface area contributed by atoms with Crippen LogP contribution in [-0.4, -0.2) is 82.0 Å². The highest BCUT2D eigenvalue weighted by Gasteiger charge is 2.43. The van der Waals surface area contributed by atoms with Crippen LogP contribution in [-0.2, 0) is 20.7 Å². The van der Waals surface area contributed by atoms with Crippen LogP contribution in [0.15, 0.2) is 42.4 Å². The van der Waals surface area contributed by atoms with Crippen LogP contribution in [0.4, 0.5) is 0 Å². The SMILES string of the molecule is [2H]c1c([2H])c(OC2OC(CO)C(O)C(O)C2C)c([2H])c([2H])c1CC(=O)CCN(CCCCCCC(=O)c1cc(C)cc(C)c1)C(=O)CCCC. The monoisotopic (exact) mass is 643 g/mol. The average Bonchev–Trinajstić information content (AvgIpc) is 3.08. The molecule has 5 unspecified atom stereocenters. The van der Waals surface area contributed by atoms with Crippen molar-refractivity contribution in [2.24, 2.45) is 5.92 Å². The van der Waals surface area contributed by atoms with Gasteiger partial charge in [-0.05, 0) is 62.9 Å². The van der Waals surface area contributed by atoms with Crippen molar-refractivity contribution >= 4 is 17.5 Å². The van der Waals surface area contributed by atoms with Crippen LogP contribution >= 0.6 is 0 Å². The fourth-order valence-electron chi connectivity index (χ4n) is 5.56. The maximum Gasteiger partial charge on any atom is 0.222 e. The maximum atomic E-state index is 13.1. The Morgan fingerprint density at radius 3 is 2.22 bits per heavy atom. The Morgan fingerprint density at radius 1 is 0.891 bits per heavy atom. The topological polar surface area (TPSA) is 134 Å². The molecule has 0 saturated carbocycles. The number of aryl methyl sites for hydroxylation is 2. The number of benzene rings is 2. The number of Topliss-reactive ketones (excluding diaryl/α,β-unsaturated/α-hetero) is 2. The summed E-state index contributed by atoms with van der Waals surface area (Å²) in [6.07, 6.45) is 0.0294. The van der Waals surface area contributed by atoms with Gasteiger partial charge in [0.05, 0.1) is 18.2 Å². The molecule has 1 saturated heterocycles. The molecule has 0 bridgehead atoms. The molecule has 0 aromatic heterocycles. The molecule has 3 rings (SSSR count). The van der Waals surface area contributed by atoms with Crippen molar-refractivity contribution in [3.8, 4) is 5.75 Å². The number of nitrogens with zero attached hydrogens (tertiary/aromatic N) is 1. The zero-order chi connectivity index (χ0) is 37.1. The number of amides is 1. The third kappa shape index (κ3) is 11.6. The van der Waals surface area contributed by atoms with E-state index < -0.39 is 67.0 Å². The number of carbonyl (C=O) groups is 3. The fraction of sp³-hybridized carbons (Fsp3) is 0.595. The van der Waals surface area contributed by atoms with Gasteiger partial charge in [-0.1, -0.05) is 62.4 Å². The fourth-order valence-corrected chi connectivity index (χ4v) is 5.56. The number of unbranched alkanes of at least 4 members (excludes halogenated alkanes) is 4. The lowest BCUT2D eigenvalue weighted by atomic mass is 9.92. The minimum absolute atomic E-state index is 0.0176. The quantitative estimate of drug-likeness (QED) is 0.142. The number of hydrogen-bond donors (Lipinski definition) is 3. The number of carbonyl (C=O) groups excluding carboxylic acids is 3. The first-order valence-electron chi connectivity index (χ1n) is 18.5.